The summed E-state index contributed by atoms with van der Waals surface area (Å²) in [7, 11) is -2.08. The number of aryl methyl sites for hydroxylation is 1. The molecule has 0 aromatic carbocycles. The first kappa shape index (κ1) is 13.0. The van der Waals surface area contributed by atoms with Gasteiger partial charge in [0.2, 0.25) is 0 Å². The second kappa shape index (κ2) is 4.69. The van der Waals surface area contributed by atoms with Crippen LogP contribution >= 0.6 is 0 Å². The highest BCUT2D eigenvalue weighted by molar-refractivity contribution is 7.89. The van der Waals surface area contributed by atoms with E-state index in [-0.39, 0.29) is 11.1 Å². The molecule has 0 radical (unpaired) electrons. The van der Waals surface area contributed by atoms with E-state index in [2.05, 4.69) is 9.82 Å². The van der Waals surface area contributed by atoms with E-state index in [1.165, 1.54) is 16.9 Å². The van der Waals surface area contributed by atoms with Gasteiger partial charge in [-0.15, -0.1) is 0 Å². The third-order valence-corrected chi connectivity index (χ3v) is 4.75. The average Bonchev–Trinajstić information content (AvgIpc) is 2.86. The van der Waals surface area contributed by atoms with E-state index in [1.807, 2.05) is 0 Å². The summed E-state index contributed by atoms with van der Waals surface area (Å²) in [6, 6.07) is 1.09. The number of nitrogens with one attached hydrogen (secondary N) is 1. The average molecular weight is 273 g/mol. The summed E-state index contributed by atoms with van der Waals surface area (Å²) in [5.41, 5.74) is 0. The normalized spacial score (nSPS) is 24.3. The van der Waals surface area contributed by atoms with Gasteiger partial charge in [-0.1, -0.05) is 0 Å². The summed E-state index contributed by atoms with van der Waals surface area (Å²) in [4.78, 5) is 10.8. The second-order valence-corrected chi connectivity index (χ2v) is 6.12. The monoisotopic (exact) mass is 273 g/mol. The van der Waals surface area contributed by atoms with Crippen molar-refractivity contribution in [2.24, 2.45) is 13.0 Å². The van der Waals surface area contributed by atoms with Crippen molar-refractivity contribution in [3.05, 3.63) is 12.3 Å². The Kier molecular flexibility index (Phi) is 3.40. The van der Waals surface area contributed by atoms with Gasteiger partial charge in [0.15, 0.2) is 5.03 Å². The van der Waals surface area contributed by atoms with Crippen LogP contribution in [-0.4, -0.2) is 35.3 Å². The van der Waals surface area contributed by atoms with Gasteiger partial charge in [0, 0.05) is 13.1 Å². The fraction of sp³-hybridized carbons (Fsp3) is 0.600. The molecule has 2 atom stereocenters. The Morgan fingerprint density at radius 1 is 1.56 bits per heavy atom. The number of rotatable bonds is 4. The highest BCUT2D eigenvalue weighted by Crippen LogP contribution is 2.26. The molecular weight excluding hydrogens is 258 g/mol. The molecule has 0 saturated heterocycles. The molecule has 1 aromatic rings. The lowest BCUT2D eigenvalue weighted by Crippen LogP contribution is -2.34. The lowest BCUT2D eigenvalue weighted by Gasteiger charge is -2.12. The van der Waals surface area contributed by atoms with Crippen LogP contribution in [-0.2, 0) is 21.9 Å². The molecule has 7 nitrogen and oxygen atoms in total. The molecule has 2 unspecified atom stereocenters. The van der Waals surface area contributed by atoms with Crippen LogP contribution in [0.5, 0.6) is 0 Å². The summed E-state index contributed by atoms with van der Waals surface area (Å²) >= 11 is 0. The molecule has 1 saturated carbocycles. The van der Waals surface area contributed by atoms with Gasteiger partial charge >= 0.3 is 5.97 Å². The van der Waals surface area contributed by atoms with Crippen LogP contribution in [0, 0.1) is 5.92 Å². The summed E-state index contributed by atoms with van der Waals surface area (Å²) in [6.07, 6.45) is 2.80. The Bertz CT molecular complexity index is 551. The fourth-order valence-electron chi connectivity index (χ4n) is 2.22. The van der Waals surface area contributed by atoms with Gasteiger partial charge in [0.25, 0.3) is 10.0 Å². The van der Waals surface area contributed by atoms with Crippen LogP contribution in [0.3, 0.4) is 0 Å². The zero-order valence-corrected chi connectivity index (χ0v) is 10.7. The van der Waals surface area contributed by atoms with Crippen molar-refractivity contribution in [2.75, 3.05) is 0 Å². The van der Waals surface area contributed by atoms with Gasteiger partial charge in [-0.3, -0.25) is 9.48 Å². The van der Waals surface area contributed by atoms with Gasteiger partial charge in [0.05, 0.1) is 12.1 Å². The van der Waals surface area contributed by atoms with Crippen LogP contribution in [0.15, 0.2) is 17.3 Å². The summed E-state index contributed by atoms with van der Waals surface area (Å²) in [6.45, 7) is 0. The van der Waals surface area contributed by atoms with E-state index in [4.69, 9.17) is 5.11 Å². The summed E-state index contributed by atoms with van der Waals surface area (Å²) in [5.74, 6) is -1.32. The molecule has 2 N–H and O–H groups in total. The van der Waals surface area contributed by atoms with E-state index in [1.54, 1.807) is 7.05 Å². The smallest absolute Gasteiger partial charge is 0.306 e. The van der Waals surface area contributed by atoms with Crippen molar-refractivity contribution in [3.63, 3.8) is 0 Å². The first-order valence-electron chi connectivity index (χ1n) is 5.63. The molecule has 1 aliphatic carbocycles. The van der Waals surface area contributed by atoms with Crippen molar-refractivity contribution < 1.29 is 18.3 Å². The summed E-state index contributed by atoms with van der Waals surface area (Å²) in [5, 5.41) is 12.8. The van der Waals surface area contributed by atoms with E-state index in [9.17, 15) is 13.2 Å². The Balaban J connectivity index is 2.07. The number of carboxylic acid groups (broad SMARTS) is 1. The molecule has 1 fully saturated rings. The molecule has 0 amide bonds. The number of nitrogens with zero attached hydrogens (tertiary/aromatic N) is 2. The predicted molar refractivity (Wildman–Crippen MR) is 62.3 cm³/mol. The SMILES string of the molecule is Cn1nccc1S(=O)(=O)NC1CCC(C(=O)O)C1. The third kappa shape index (κ3) is 2.54. The molecule has 1 aliphatic rings. The van der Waals surface area contributed by atoms with Gasteiger partial charge in [-0.25, -0.2) is 13.1 Å². The van der Waals surface area contributed by atoms with Crippen LogP contribution in [0.25, 0.3) is 0 Å². The fourth-order valence-corrected chi connectivity index (χ4v) is 3.63. The number of aromatic nitrogens is 2. The van der Waals surface area contributed by atoms with Crippen molar-refractivity contribution in [3.8, 4) is 0 Å². The van der Waals surface area contributed by atoms with Gasteiger partial charge in [-0.2, -0.15) is 5.10 Å². The zero-order chi connectivity index (χ0) is 13.3. The maximum atomic E-state index is 12.0. The van der Waals surface area contributed by atoms with E-state index >= 15 is 0 Å². The number of hydrogen-bond acceptors (Lipinski definition) is 4. The minimum atomic E-state index is -3.62. The molecule has 0 bridgehead atoms. The molecular formula is C10H15N3O4S. The Hall–Kier alpha value is -1.41. The first-order chi connectivity index (χ1) is 8.40. The van der Waals surface area contributed by atoms with Crippen LogP contribution < -0.4 is 4.72 Å². The quantitative estimate of drug-likeness (QED) is 0.801. The van der Waals surface area contributed by atoms with Crippen LogP contribution in [0.1, 0.15) is 19.3 Å². The number of hydrogen-bond donors (Lipinski definition) is 2. The largest absolute Gasteiger partial charge is 0.481 e. The van der Waals surface area contributed by atoms with Crippen LogP contribution in [0.4, 0.5) is 0 Å². The molecule has 1 heterocycles. The van der Waals surface area contributed by atoms with Gasteiger partial charge in [0.1, 0.15) is 0 Å². The molecule has 1 aromatic heterocycles. The van der Waals surface area contributed by atoms with E-state index < -0.39 is 21.9 Å². The minimum absolute atomic E-state index is 0.0845. The number of aliphatic carboxylic acids is 1. The lowest BCUT2D eigenvalue weighted by atomic mass is 10.1. The molecule has 0 aliphatic heterocycles. The molecule has 8 heteroatoms. The maximum Gasteiger partial charge on any atom is 0.306 e. The van der Waals surface area contributed by atoms with Crippen molar-refractivity contribution in [2.45, 2.75) is 30.3 Å². The number of carbonyl (C=O) groups is 1. The van der Waals surface area contributed by atoms with E-state index in [0.29, 0.717) is 19.3 Å². The second-order valence-electron chi connectivity index (χ2n) is 4.46. The van der Waals surface area contributed by atoms with Crippen LogP contribution in [0.2, 0.25) is 0 Å². The minimum Gasteiger partial charge on any atom is -0.481 e. The highest BCUT2D eigenvalue weighted by atomic mass is 32.2. The van der Waals surface area contributed by atoms with Crippen molar-refractivity contribution >= 4 is 16.0 Å². The zero-order valence-electron chi connectivity index (χ0n) is 9.91. The van der Waals surface area contributed by atoms with E-state index in [0.717, 1.165) is 0 Å². The topological polar surface area (TPSA) is 101 Å². The molecule has 18 heavy (non-hydrogen) atoms. The van der Waals surface area contributed by atoms with Gasteiger partial charge < -0.3 is 5.11 Å². The van der Waals surface area contributed by atoms with Gasteiger partial charge in [-0.05, 0) is 25.3 Å². The number of carboxylic acids is 1. The third-order valence-electron chi connectivity index (χ3n) is 3.15. The molecule has 100 valence electrons. The van der Waals surface area contributed by atoms with Crippen molar-refractivity contribution in [1.82, 2.24) is 14.5 Å². The Morgan fingerprint density at radius 3 is 2.78 bits per heavy atom. The maximum absolute atomic E-state index is 12.0. The highest BCUT2D eigenvalue weighted by Gasteiger charge is 2.33. The Labute approximate surface area is 105 Å². The molecule has 2 rings (SSSR count). The molecule has 0 spiro atoms. The first-order valence-corrected chi connectivity index (χ1v) is 7.11. The Morgan fingerprint density at radius 2 is 2.28 bits per heavy atom. The predicted octanol–water partition coefficient (Wildman–Crippen LogP) is -0.0483. The lowest BCUT2D eigenvalue weighted by molar-refractivity contribution is -0.141. The number of sulfonamides is 1. The summed E-state index contributed by atoms with van der Waals surface area (Å²) < 4.78 is 27.9. The standard InChI is InChI=1S/C10H15N3O4S/c1-13-9(4-5-11-13)18(16,17)12-8-3-2-7(6-8)10(14)15/h4-5,7-8,12H,2-3,6H2,1H3,(H,14,15). The van der Waals surface area contributed by atoms with Crippen molar-refractivity contribution in [1.29, 1.82) is 0 Å².